The van der Waals surface area contributed by atoms with Gasteiger partial charge in [0, 0.05) is 36.3 Å². The number of aromatic nitrogens is 5. The van der Waals surface area contributed by atoms with Crippen LogP contribution in [-0.2, 0) is 0 Å². The molecule has 0 spiro atoms. The van der Waals surface area contributed by atoms with Crippen molar-refractivity contribution in [2.45, 2.75) is 12.5 Å². The number of halogens is 1. The van der Waals surface area contributed by atoms with Crippen molar-refractivity contribution in [1.82, 2.24) is 35.4 Å². The van der Waals surface area contributed by atoms with Crippen LogP contribution in [0.25, 0.3) is 50.3 Å². The number of rotatable bonds is 6. The second-order valence-electron chi connectivity index (χ2n) is 9.80. The molecule has 3 aromatic heterocycles. The molecule has 1 unspecified atom stereocenters. The molecule has 0 saturated carbocycles. The van der Waals surface area contributed by atoms with Gasteiger partial charge in [-0.2, -0.15) is 5.10 Å². The molecule has 0 saturated heterocycles. The van der Waals surface area contributed by atoms with Gasteiger partial charge in [0.15, 0.2) is 11.5 Å². The number of hydrogen-bond acceptors (Lipinski definition) is 6. The van der Waals surface area contributed by atoms with Crippen LogP contribution >= 0.6 is 0 Å². The molecule has 0 radical (unpaired) electrons. The zero-order valence-electron chi connectivity index (χ0n) is 20.8. The highest BCUT2D eigenvalue weighted by molar-refractivity contribution is 5.97. The van der Waals surface area contributed by atoms with E-state index >= 15 is 0 Å². The number of pyridine rings is 1. The van der Waals surface area contributed by atoms with E-state index in [2.05, 4.69) is 49.8 Å². The van der Waals surface area contributed by atoms with Crippen molar-refractivity contribution in [1.29, 1.82) is 0 Å². The molecule has 0 bridgehead atoms. The molecule has 2 aromatic carbocycles. The third-order valence-corrected chi connectivity index (χ3v) is 6.83. The van der Waals surface area contributed by atoms with Gasteiger partial charge in [-0.1, -0.05) is 12.1 Å². The third kappa shape index (κ3) is 4.53. The topological polar surface area (TPSA) is 112 Å². The fourth-order valence-electron chi connectivity index (χ4n) is 5.02. The molecule has 9 heteroatoms. The summed E-state index contributed by atoms with van der Waals surface area (Å²) in [6, 6.07) is 12.8. The van der Waals surface area contributed by atoms with E-state index in [9.17, 15) is 4.39 Å². The van der Waals surface area contributed by atoms with Crippen LogP contribution in [0.1, 0.15) is 23.6 Å². The zero-order chi connectivity index (χ0) is 25.5. The summed E-state index contributed by atoms with van der Waals surface area (Å²) in [5.74, 6) is 0.277. The van der Waals surface area contributed by atoms with Crippen LogP contribution in [0, 0.1) is 5.82 Å². The maximum Gasteiger partial charge on any atom is 0.160 e. The number of H-pyrrole nitrogens is 2. The Morgan fingerprint density at radius 2 is 2.00 bits per heavy atom. The predicted octanol–water partition coefficient (Wildman–Crippen LogP) is 4.25. The number of nitrogens with zero attached hydrogens (tertiary/aromatic N) is 4. The van der Waals surface area contributed by atoms with Gasteiger partial charge < -0.3 is 20.9 Å². The normalized spacial score (nSPS) is 15.0. The van der Waals surface area contributed by atoms with Crippen molar-refractivity contribution in [3.8, 4) is 22.6 Å². The van der Waals surface area contributed by atoms with Crippen LogP contribution in [0.5, 0.6) is 0 Å². The Balaban J connectivity index is 1.43. The molecule has 5 aromatic rings. The highest BCUT2D eigenvalue weighted by atomic mass is 19.1. The Labute approximate surface area is 213 Å². The Morgan fingerprint density at radius 1 is 1.11 bits per heavy atom. The lowest BCUT2D eigenvalue weighted by Crippen LogP contribution is -2.26. The van der Waals surface area contributed by atoms with Crippen molar-refractivity contribution in [3.05, 3.63) is 71.7 Å². The van der Waals surface area contributed by atoms with Gasteiger partial charge in [-0.25, -0.2) is 14.4 Å². The van der Waals surface area contributed by atoms with E-state index in [1.54, 1.807) is 6.20 Å². The van der Waals surface area contributed by atoms with Crippen molar-refractivity contribution < 1.29 is 4.39 Å². The molecule has 1 atom stereocenters. The number of nitrogens with two attached hydrogens (primary N) is 1. The summed E-state index contributed by atoms with van der Waals surface area (Å²) >= 11 is 0. The fraction of sp³-hybridized carbons (Fsp3) is 0.250. The highest BCUT2D eigenvalue weighted by Crippen LogP contribution is 2.33. The lowest BCUT2D eigenvalue weighted by atomic mass is 9.98. The third-order valence-electron chi connectivity index (χ3n) is 6.83. The van der Waals surface area contributed by atoms with Crippen molar-refractivity contribution in [3.63, 3.8) is 0 Å². The minimum atomic E-state index is -0.333. The molecule has 4 heterocycles. The number of nitrogens with one attached hydrogen (secondary N) is 3. The lowest BCUT2D eigenvalue weighted by molar-refractivity contribution is 0.376. The summed E-state index contributed by atoms with van der Waals surface area (Å²) in [5, 5.41) is 12.0. The second kappa shape index (κ2) is 9.51. The van der Waals surface area contributed by atoms with Gasteiger partial charge in [-0.3, -0.25) is 5.10 Å². The van der Waals surface area contributed by atoms with Crippen LogP contribution in [-0.4, -0.2) is 63.8 Å². The standard InChI is InChI=1S/C28H29FN8/c1-37(2)15-23(30)19-11-18(12-20(29)13-19)21-7-10-32-27-25(21)33-28(34-27)26-22-14-17(3-4-24(22)35-36-26)16-5-8-31-9-6-16/h3-5,7,10-14,23,31H,6,8-9,15,30H2,1-2H3,(H,35,36)(H,32,33,34). The Kier molecular flexibility index (Phi) is 6.03. The van der Waals surface area contributed by atoms with E-state index in [0.29, 0.717) is 29.1 Å². The largest absolute Gasteiger partial charge is 0.323 e. The van der Waals surface area contributed by atoms with Crippen molar-refractivity contribution in [2.24, 2.45) is 5.73 Å². The molecular formula is C28H29FN8. The lowest BCUT2D eigenvalue weighted by Gasteiger charge is -2.18. The molecule has 0 fully saturated rings. The monoisotopic (exact) mass is 496 g/mol. The van der Waals surface area contributed by atoms with Gasteiger partial charge in [0.1, 0.15) is 17.0 Å². The van der Waals surface area contributed by atoms with Crippen LogP contribution in [0.4, 0.5) is 4.39 Å². The Bertz CT molecular complexity index is 1630. The quantitative estimate of drug-likeness (QED) is 0.280. The van der Waals surface area contributed by atoms with Crippen molar-refractivity contribution >= 4 is 27.6 Å². The number of fused-ring (bicyclic) bond motifs is 2. The molecule has 0 aliphatic carbocycles. The van der Waals surface area contributed by atoms with E-state index in [0.717, 1.165) is 47.2 Å². The van der Waals surface area contributed by atoms with Gasteiger partial charge >= 0.3 is 0 Å². The van der Waals surface area contributed by atoms with Crippen LogP contribution in [0.3, 0.4) is 0 Å². The maximum atomic E-state index is 14.7. The van der Waals surface area contributed by atoms with Crippen LogP contribution in [0.15, 0.2) is 54.7 Å². The zero-order valence-corrected chi connectivity index (χ0v) is 20.8. The molecule has 1 aliphatic rings. The first-order valence-corrected chi connectivity index (χ1v) is 12.4. The molecule has 6 rings (SSSR count). The Hall–Kier alpha value is -3.92. The predicted molar refractivity (Wildman–Crippen MR) is 145 cm³/mol. The summed E-state index contributed by atoms with van der Waals surface area (Å²) in [4.78, 5) is 14.7. The van der Waals surface area contributed by atoms with E-state index < -0.39 is 0 Å². The molecular weight excluding hydrogens is 467 g/mol. The second-order valence-corrected chi connectivity index (χ2v) is 9.80. The summed E-state index contributed by atoms with van der Waals surface area (Å²) in [6.07, 6.45) is 4.93. The number of aromatic amines is 2. The molecule has 8 nitrogen and oxygen atoms in total. The van der Waals surface area contributed by atoms with Crippen molar-refractivity contribution in [2.75, 3.05) is 33.7 Å². The molecule has 188 valence electrons. The SMILES string of the molecule is CN(C)CC(N)c1cc(F)cc(-c2ccnc3[nH]c(-c4n[nH]c5ccc(C6=CCNCC6)cc45)nc23)c1. The van der Waals surface area contributed by atoms with Gasteiger partial charge in [-0.15, -0.1) is 0 Å². The Morgan fingerprint density at radius 3 is 2.81 bits per heavy atom. The van der Waals surface area contributed by atoms with Gasteiger partial charge in [0.25, 0.3) is 0 Å². The highest BCUT2D eigenvalue weighted by Gasteiger charge is 2.18. The smallest absolute Gasteiger partial charge is 0.160 e. The van der Waals surface area contributed by atoms with Gasteiger partial charge in [0.05, 0.1) is 5.52 Å². The van der Waals surface area contributed by atoms with E-state index in [1.165, 1.54) is 23.3 Å². The molecule has 5 N–H and O–H groups in total. The number of benzene rings is 2. The average Bonchev–Trinajstić information content (AvgIpc) is 3.52. The molecule has 37 heavy (non-hydrogen) atoms. The first kappa shape index (κ1) is 23.5. The number of imidazole rings is 1. The summed E-state index contributed by atoms with van der Waals surface area (Å²) in [7, 11) is 3.89. The van der Waals surface area contributed by atoms with E-state index in [1.807, 2.05) is 31.1 Å². The fourth-order valence-corrected chi connectivity index (χ4v) is 5.02. The van der Waals surface area contributed by atoms with E-state index in [-0.39, 0.29) is 11.9 Å². The summed E-state index contributed by atoms with van der Waals surface area (Å²) < 4.78 is 14.7. The van der Waals surface area contributed by atoms with Crippen LogP contribution in [0.2, 0.25) is 0 Å². The first-order valence-electron chi connectivity index (χ1n) is 12.4. The average molecular weight is 497 g/mol. The minimum Gasteiger partial charge on any atom is -0.323 e. The minimum absolute atomic E-state index is 0.309. The molecule has 0 amide bonds. The molecule has 1 aliphatic heterocycles. The summed E-state index contributed by atoms with van der Waals surface area (Å²) in [5.41, 5.74) is 14.0. The number of likely N-dealkylation sites (N-methyl/N-ethyl adjacent to an activating group) is 1. The summed E-state index contributed by atoms with van der Waals surface area (Å²) in [6.45, 7) is 2.47. The van der Waals surface area contributed by atoms with E-state index in [4.69, 9.17) is 10.7 Å². The maximum absolute atomic E-state index is 14.7. The first-order chi connectivity index (χ1) is 18.0. The van der Waals surface area contributed by atoms with Crippen LogP contribution < -0.4 is 11.1 Å². The van der Waals surface area contributed by atoms with Gasteiger partial charge in [-0.05, 0) is 85.7 Å². The number of hydrogen-bond donors (Lipinski definition) is 4. The van der Waals surface area contributed by atoms with Gasteiger partial charge in [0.2, 0.25) is 0 Å².